The van der Waals surface area contributed by atoms with E-state index in [-0.39, 0.29) is 26.4 Å². The van der Waals surface area contributed by atoms with E-state index in [1.807, 2.05) is 0 Å². The molecule has 13 heteroatoms. The zero-order chi connectivity index (χ0) is 24.0. The first-order valence-electron chi connectivity index (χ1n) is 10.5. The molecule has 13 nitrogen and oxygen atoms in total. The molecule has 4 aliphatic heterocycles. The van der Waals surface area contributed by atoms with Gasteiger partial charge in [0.25, 0.3) is 0 Å². The monoisotopic (exact) mass is 474 g/mol. The van der Waals surface area contributed by atoms with Gasteiger partial charge in [0.15, 0.2) is 30.5 Å². The van der Waals surface area contributed by atoms with Crippen molar-refractivity contribution in [2.75, 3.05) is 26.4 Å². The molecule has 184 valence electrons. The molecule has 0 saturated carbocycles. The summed E-state index contributed by atoms with van der Waals surface area (Å²) in [5.74, 6) is -5.57. The summed E-state index contributed by atoms with van der Waals surface area (Å²) in [6, 6.07) is 0. The lowest BCUT2D eigenvalue weighted by atomic mass is 9.94. The molecule has 0 N–H and O–H groups in total. The van der Waals surface area contributed by atoms with Gasteiger partial charge in [0, 0.05) is 27.7 Å². The number of carbonyl (C=O) groups excluding carboxylic acids is 4. The Morgan fingerprint density at radius 3 is 1.85 bits per heavy atom. The molecule has 0 radical (unpaired) electrons. The second-order valence-corrected chi connectivity index (χ2v) is 8.25. The minimum atomic E-state index is -1.68. The summed E-state index contributed by atoms with van der Waals surface area (Å²) in [5.41, 5.74) is 0. The standard InChI is InChI=1S/C20H26O13/c1-9(21)29-13-6-26-19(18(32-12(4)24)15(13)30-10(2)22)7-28-20(8-27-19)17-16(31-11(3)23)14(33-20)5-25-17/h13-18H,5-8H2,1-4H3/t13-,14-,15-,16-,17+,18+,19+,20+/m1/s1. The van der Waals surface area contributed by atoms with Crippen LogP contribution in [-0.2, 0) is 61.8 Å². The van der Waals surface area contributed by atoms with Gasteiger partial charge in [-0.2, -0.15) is 0 Å². The van der Waals surface area contributed by atoms with Crippen LogP contribution >= 0.6 is 0 Å². The normalized spacial score (nSPS) is 41.6. The van der Waals surface area contributed by atoms with Crippen LogP contribution in [0, 0.1) is 0 Å². The summed E-state index contributed by atoms with van der Waals surface area (Å²) in [6.45, 7) is 4.27. The zero-order valence-corrected chi connectivity index (χ0v) is 18.6. The average Bonchev–Trinajstić information content (AvgIpc) is 3.22. The predicted octanol–water partition coefficient (Wildman–Crippen LogP) is -1.02. The van der Waals surface area contributed by atoms with Crippen molar-refractivity contribution >= 4 is 23.9 Å². The van der Waals surface area contributed by atoms with Crippen LogP contribution in [0.25, 0.3) is 0 Å². The van der Waals surface area contributed by atoms with E-state index in [1.165, 1.54) is 20.8 Å². The van der Waals surface area contributed by atoms with E-state index in [4.69, 9.17) is 42.6 Å². The van der Waals surface area contributed by atoms with Gasteiger partial charge in [-0.05, 0) is 0 Å². The van der Waals surface area contributed by atoms with Gasteiger partial charge in [0.2, 0.25) is 11.6 Å². The molecular formula is C20H26O13. The van der Waals surface area contributed by atoms with Crippen LogP contribution in [0.5, 0.6) is 0 Å². The Bertz CT molecular complexity index is 817. The molecule has 4 aliphatic rings. The molecule has 4 heterocycles. The lowest BCUT2D eigenvalue weighted by Crippen LogP contribution is -2.71. The van der Waals surface area contributed by atoms with Crippen molar-refractivity contribution < 1.29 is 61.8 Å². The molecule has 0 amide bonds. The van der Waals surface area contributed by atoms with Gasteiger partial charge >= 0.3 is 23.9 Å². The lowest BCUT2D eigenvalue weighted by Gasteiger charge is -2.52. The van der Waals surface area contributed by atoms with Crippen molar-refractivity contribution in [2.24, 2.45) is 0 Å². The van der Waals surface area contributed by atoms with E-state index in [9.17, 15) is 19.2 Å². The van der Waals surface area contributed by atoms with Gasteiger partial charge in [-0.1, -0.05) is 0 Å². The maximum Gasteiger partial charge on any atom is 0.303 e. The average molecular weight is 474 g/mol. The number of carbonyl (C=O) groups is 4. The molecule has 33 heavy (non-hydrogen) atoms. The molecule has 4 rings (SSSR count). The van der Waals surface area contributed by atoms with E-state index in [0.717, 1.165) is 6.92 Å². The summed E-state index contributed by atoms with van der Waals surface area (Å²) in [6.07, 6.45) is -5.52. The van der Waals surface area contributed by atoms with Crippen molar-refractivity contribution in [1.29, 1.82) is 0 Å². The third-order valence-electron chi connectivity index (χ3n) is 5.73. The van der Waals surface area contributed by atoms with Crippen molar-refractivity contribution in [2.45, 2.75) is 75.9 Å². The third-order valence-corrected chi connectivity index (χ3v) is 5.73. The van der Waals surface area contributed by atoms with Crippen LogP contribution < -0.4 is 0 Å². The van der Waals surface area contributed by atoms with Crippen LogP contribution in [0.15, 0.2) is 0 Å². The smallest absolute Gasteiger partial charge is 0.303 e. The number of hydrogen-bond donors (Lipinski definition) is 0. The molecule has 0 aromatic rings. The number of rotatable bonds is 4. The fourth-order valence-electron chi connectivity index (χ4n) is 4.55. The largest absolute Gasteiger partial charge is 0.457 e. The van der Waals surface area contributed by atoms with E-state index in [0.29, 0.717) is 0 Å². The Kier molecular flexibility index (Phi) is 6.35. The molecule has 8 atom stereocenters. The minimum absolute atomic E-state index is 0.217. The summed E-state index contributed by atoms with van der Waals surface area (Å²) in [5, 5.41) is 0. The van der Waals surface area contributed by atoms with Gasteiger partial charge < -0.3 is 42.6 Å². The Morgan fingerprint density at radius 1 is 0.697 bits per heavy atom. The lowest BCUT2D eigenvalue weighted by molar-refractivity contribution is -0.437. The van der Waals surface area contributed by atoms with Crippen LogP contribution in [0.1, 0.15) is 27.7 Å². The molecule has 0 unspecified atom stereocenters. The van der Waals surface area contributed by atoms with E-state index < -0.39 is 72.1 Å². The Hall–Kier alpha value is -2.32. The van der Waals surface area contributed by atoms with E-state index in [2.05, 4.69) is 0 Å². The maximum atomic E-state index is 11.9. The molecule has 2 spiro atoms. The van der Waals surface area contributed by atoms with Crippen molar-refractivity contribution in [3.63, 3.8) is 0 Å². The highest BCUT2D eigenvalue weighted by molar-refractivity contribution is 5.68. The molecule has 0 aromatic heterocycles. The Labute approximate surface area is 188 Å². The van der Waals surface area contributed by atoms with Crippen LogP contribution in [0.2, 0.25) is 0 Å². The number of ether oxygens (including phenoxy) is 9. The van der Waals surface area contributed by atoms with Gasteiger partial charge in [-0.3, -0.25) is 19.2 Å². The predicted molar refractivity (Wildman–Crippen MR) is 100 cm³/mol. The quantitative estimate of drug-likeness (QED) is 0.361. The highest BCUT2D eigenvalue weighted by atomic mass is 16.8. The Morgan fingerprint density at radius 2 is 1.27 bits per heavy atom. The first-order valence-corrected chi connectivity index (χ1v) is 10.5. The number of hydrogen-bond acceptors (Lipinski definition) is 13. The summed E-state index contributed by atoms with van der Waals surface area (Å²) in [7, 11) is 0. The molecule has 0 aromatic carbocycles. The van der Waals surface area contributed by atoms with E-state index in [1.54, 1.807) is 0 Å². The first kappa shape index (κ1) is 23.8. The second-order valence-electron chi connectivity index (χ2n) is 8.25. The fourth-order valence-corrected chi connectivity index (χ4v) is 4.55. The molecule has 2 bridgehead atoms. The minimum Gasteiger partial charge on any atom is -0.457 e. The van der Waals surface area contributed by atoms with Gasteiger partial charge in [0.1, 0.15) is 19.3 Å². The molecule has 0 aliphatic carbocycles. The zero-order valence-electron chi connectivity index (χ0n) is 18.6. The second kappa shape index (κ2) is 8.80. The van der Waals surface area contributed by atoms with Crippen LogP contribution in [0.3, 0.4) is 0 Å². The summed E-state index contributed by atoms with van der Waals surface area (Å²) >= 11 is 0. The SMILES string of the molecule is CC(=O)O[C@@H]1[C@H](OC(C)=O)CO[C@]2(CO[C@@]3(CO2)O[C@@H]2CO[C@H]3[C@@H]2OC(C)=O)[C@H]1OC(C)=O. The maximum absolute atomic E-state index is 11.9. The van der Waals surface area contributed by atoms with Crippen molar-refractivity contribution in [3.8, 4) is 0 Å². The summed E-state index contributed by atoms with van der Waals surface area (Å²) < 4.78 is 50.8. The highest BCUT2D eigenvalue weighted by Crippen LogP contribution is 2.47. The van der Waals surface area contributed by atoms with Crippen LogP contribution in [-0.4, -0.2) is 98.5 Å². The van der Waals surface area contributed by atoms with Gasteiger partial charge in [-0.25, -0.2) is 0 Å². The van der Waals surface area contributed by atoms with Gasteiger partial charge in [-0.15, -0.1) is 0 Å². The number of esters is 4. The topological polar surface area (TPSA) is 151 Å². The summed E-state index contributed by atoms with van der Waals surface area (Å²) in [4.78, 5) is 46.6. The highest BCUT2D eigenvalue weighted by Gasteiger charge is 2.68. The molecule has 4 fully saturated rings. The van der Waals surface area contributed by atoms with Crippen molar-refractivity contribution in [3.05, 3.63) is 0 Å². The molecule has 4 saturated heterocycles. The third kappa shape index (κ3) is 4.43. The molecular weight excluding hydrogens is 448 g/mol. The van der Waals surface area contributed by atoms with E-state index >= 15 is 0 Å². The van der Waals surface area contributed by atoms with Gasteiger partial charge in [0.05, 0.1) is 13.2 Å². The fraction of sp³-hybridized carbons (Fsp3) is 0.800. The van der Waals surface area contributed by atoms with Crippen molar-refractivity contribution in [1.82, 2.24) is 0 Å². The number of fused-ring (bicyclic) bond motifs is 3. The first-order chi connectivity index (χ1) is 15.5. The van der Waals surface area contributed by atoms with Crippen LogP contribution in [0.4, 0.5) is 0 Å². The Balaban J connectivity index is 1.56.